The fraction of sp³-hybridized carbons (Fsp3) is 0.300. The average molecular weight is 259 g/mol. The predicted octanol–water partition coefficient (Wildman–Crippen LogP) is 0.563. The SMILES string of the molecule is O=C1CN(c2ccc(C(F)(F)F)nc2)CC(=O)N1. The quantitative estimate of drug-likeness (QED) is 0.749. The minimum atomic E-state index is -4.51. The number of hydrogen-bond acceptors (Lipinski definition) is 4. The molecule has 96 valence electrons. The van der Waals surface area contributed by atoms with Gasteiger partial charge in [0.2, 0.25) is 11.8 Å². The first-order chi connectivity index (χ1) is 8.36. The Kier molecular flexibility index (Phi) is 2.93. The van der Waals surface area contributed by atoms with Crippen molar-refractivity contribution in [3.05, 3.63) is 24.0 Å². The van der Waals surface area contributed by atoms with Crippen LogP contribution >= 0.6 is 0 Å². The third-order valence-electron chi connectivity index (χ3n) is 2.35. The van der Waals surface area contributed by atoms with Gasteiger partial charge in [-0.05, 0) is 12.1 Å². The lowest BCUT2D eigenvalue weighted by Crippen LogP contribution is -2.51. The monoisotopic (exact) mass is 259 g/mol. The van der Waals surface area contributed by atoms with E-state index in [2.05, 4.69) is 10.3 Å². The number of rotatable bonds is 1. The number of imide groups is 1. The maximum Gasteiger partial charge on any atom is 0.433 e. The van der Waals surface area contributed by atoms with Gasteiger partial charge in [-0.3, -0.25) is 14.9 Å². The number of halogens is 3. The van der Waals surface area contributed by atoms with Gasteiger partial charge in [0.05, 0.1) is 25.0 Å². The van der Waals surface area contributed by atoms with Crippen LogP contribution in [-0.2, 0) is 15.8 Å². The molecule has 1 aliphatic heterocycles. The van der Waals surface area contributed by atoms with Crippen LogP contribution in [0.15, 0.2) is 18.3 Å². The Labute approximate surface area is 99.6 Å². The lowest BCUT2D eigenvalue weighted by atomic mass is 10.2. The Morgan fingerprint density at radius 2 is 1.78 bits per heavy atom. The number of anilines is 1. The second-order valence-electron chi connectivity index (χ2n) is 3.73. The summed E-state index contributed by atoms with van der Waals surface area (Å²) in [7, 11) is 0. The van der Waals surface area contributed by atoms with Crippen molar-refractivity contribution in [3.8, 4) is 0 Å². The Bertz CT molecular complexity index is 468. The van der Waals surface area contributed by atoms with Crippen molar-refractivity contribution in [2.24, 2.45) is 0 Å². The van der Waals surface area contributed by atoms with Crippen LogP contribution in [0.1, 0.15) is 5.69 Å². The molecule has 5 nitrogen and oxygen atoms in total. The Morgan fingerprint density at radius 1 is 1.17 bits per heavy atom. The summed E-state index contributed by atoms with van der Waals surface area (Å²) in [4.78, 5) is 26.8. The third kappa shape index (κ3) is 2.58. The molecular weight excluding hydrogens is 251 g/mol. The molecule has 8 heteroatoms. The number of hydrogen-bond donors (Lipinski definition) is 1. The number of pyridine rings is 1. The van der Waals surface area contributed by atoms with E-state index in [1.165, 1.54) is 11.0 Å². The summed E-state index contributed by atoms with van der Waals surface area (Å²) in [5.74, 6) is -0.989. The fourth-order valence-electron chi connectivity index (χ4n) is 1.56. The predicted molar refractivity (Wildman–Crippen MR) is 54.6 cm³/mol. The molecule has 1 aromatic rings. The molecule has 18 heavy (non-hydrogen) atoms. The van der Waals surface area contributed by atoms with Gasteiger partial charge in [-0.15, -0.1) is 0 Å². The smallest absolute Gasteiger partial charge is 0.352 e. The van der Waals surface area contributed by atoms with Crippen molar-refractivity contribution in [1.82, 2.24) is 10.3 Å². The van der Waals surface area contributed by atoms with E-state index in [0.29, 0.717) is 5.69 Å². The number of carbonyl (C=O) groups is 2. The molecule has 0 aromatic carbocycles. The molecule has 0 bridgehead atoms. The van der Waals surface area contributed by atoms with E-state index < -0.39 is 23.7 Å². The molecule has 0 aliphatic carbocycles. The van der Waals surface area contributed by atoms with Crippen molar-refractivity contribution < 1.29 is 22.8 Å². The van der Waals surface area contributed by atoms with E-state index in [0.717, 1.165) is 12.3 Å². The Balaban J connectivity index is 2.19. The molecular formula is C10H8F3N3O2. The van der Waals surface area contributed by atoms with Gasteiger partial charge in [0.25, 0.3) is 0 Å². The van der Waals surface area contributed by atoms with Gasteiger partial charge in [0.15, 0.2) is 0 Å². The van der Waals surface area contributed by atoms with Crippen molar-refractivity contribution >= 4 is 17.5 Å². The van der Waals surface area contributed by atoms with Crippen LogP contribution in [-0.4, -0.2) is 29.9 Å². The number of aromatic nitrogens is 1. The highest BCUT2D eigenvalue weighted by atomic mass is 19.4. The van der Waals surface area contributed by atoms with E-state index >= 15 is 0 Å². The molecule has 1 aliphatic rings. The first-order valence-electron chi connectivity index (χ1n) is 4.97. The molecule has 0 radical (unpaired) electrons. The van der Waals surface area contributed by atoms with Crippen LogP contribution in [0.2, 0.25) is 0 Å². The zero-order valence-corrected chi connectivity index (χ0v) is 8.99. The minimum Gasteiger partial charge on any atom is -0.352 e. The molecule has 2 amide bonds. The fourth-order valence-corrected chi connectivity index (χ4v) is 1.56. The molecule has 1 aromatic heterocycles. The zero-order chi connectivity index (χ0) is 13.3. The first kappa shape index (κ1) is 12.3. The van der Waals surface area contributed by atoms with Gasteiger partial charge < -0.3 is 4.90 Å². The Morgan fingerprint density at radius 3 is 2.22 bits per heavy atom. The second-order valence-corrected chi connectivity index (χ2v) is 3.73. The first-order valence-corrected chi connectivity index (χ1v) is 4.97. The van der Waals surface area contributed by atoms with E-state index in [9.17, 15) is 22.8 Å². The second kappa shape index (κ2) is 4.28. The van der Waals surface area contributed by atoms with E-state index in [-0.39, 0.29) is 13.1 Å². The minimum absolute atomic E-state index is 0.0845. The van der Waals surface area contributed by atoms with Crippen LogP contribution in [0.3, 0.4) is 0 Å². The largest absolute Gasteiger partial charge is 0.433 e. The summed E-state index contributed by atoms with van der Waals surface area (Å²) in [5, 5.41) is 2.09. The topological polar surface area (TPSA) is 62.3 Å². The van der Waals surface area contributed by atoms with Gasteiger partial charge in [-0.2, -0.15) is 13.2 Å². The van der Waals surface area contributed by atoms with Crippen LogP contribution < -0.4 is 10.2 Å². The van der Waals surface area contributed by atoms with Gasteiger partial charge in [-0.25, -0.2) is 4.98 Å². The lowest BCUT2D eigenvalue weighted by Gasteiger charge is -2.27. The van der Waals surface area contributed by atoms with Crippen molar-refractivity contribution in [2.45, 2.75) is 6.18 Å². The molecule has 1 N–H and O–H groups in total. The number of nitrogens with zero attached hydrogens (tertiary/aromatic N) is 2. The van der Waals surface area contributed by atoms with E-state index in [4.69, 9.17) is 0 Å². The summed E-state index contributed by atoms with van der Waals surface area (Å²) in [6.07, 6.45) is -3.51. The number of carbonyl (C=O) groups excluding carboxylic acids is 2. The summed E-state index contributed by atoms with van der Waals surface area (Å²) < 4.78 is 36.9. The summed E-state index contributed by atoms with van der Waals surface area (Å²) in [5.41, 5.74) is -0.717. The van der Waals surface area contributed by atoms with Crippen molar-refractivity contribution in [3.63, 3.8) is 0 Å². The highest BCUT2D eigenvalue weighted by Gasteiger charge is 2.32. The van der Waals surface area contributed by atoms with Crippen molar-refractivity contribution in [2.75, 3.05) is 18.0 Å². The number of piperazine rings is 1. The Hall–Kier alpha value is -2.12. The normalized spacial score (nSPS) is 16.7. The van der Waals surface area contributed by atoms with Crippen LogP contribution in [0.4, 0.5) is 18.9 Å². The summed E-state index contributed by atoms with van der Waals surface area (Å²) >= 11 is 0. The molecule has 0 unspecified atom stereocenters. The van der Waals surface area contributed by atoms with Crippen LogP contribution in [0, 0.1) is 0 Å². The molecule has 2 heterocycles. The lowest BCUT2D eigenvalue weighted by molar-refractivity contribution is -0.141. The maximum absolute atomic E-state index is 12.3. The number of amides is 2. The molecule has 1 fully saturated rings. The summed E-state index contributed by atoms with van der Waals surface area (Å²) in [6.45, 7) is -0.169. The van der Waals surface area contributed by atoms with Gasteiger partial charge in [0, 0.05) is 0 Å². The number of nitrogens with one attached hydrogen (secondary N) is 1. The highest BCUT2D eigenvalue weighted by molar-refractivity contribution is 6.02. The standard InChI is InChI=1S/C10H8F3N3O2/c11-10(12,13)7-2-1-6(3-14-7)16-4-8(17)15-9(18)5-16/h1-3H,4-5H2,(H,15,17,18). The molecule has 2 rings (SSSR count). The van der Waals surface area contributed by atoms with E-state index in [1.54, 1.807) is 0 Å². The van der Waals surface area contributed by atoms with Crippen LogP contribution in [0.25, 0.3) is 0 Å². The molecule has 0 spiro atoms. The van der Waals surface area contributed by atoms with Gasteiger partial charge in [-0.1, -0.05) is 0 Å². The zero-order valence-electron chi connectivity index (χ0n) is 8.99. The molecule has 0 saturated carbocycles. The van der Waals surface area contributed by atoms with Crippen LogP contribution in [0.5, 0.6) is 0 Å². The van der Waals surface area contributed by atoms with Crippen molar-refractivity contribution in [1.29, 1.82) is 0 Å². The number of alkyl halides is 3. The third-order valence-corrected chi connectivity index (χ3v) is 2.35. The molecule has 1 saturated heterocycles. The summed E-state index contributed by atoms with van der Waals surface area (Å²) in [6, 6.07) is 1.99. The average Bonchev–Trinajstić information content (AvgIpc) is 2.27. The maximum atomic E-state index is 12.3. The van der Waals surface area contributed by atoms with E-state index in [1.807, 2.05) is 0 Å². The van der Waals surface area contributed by atoms with Gasteiger partial charge >= 0.3 is 6.18 Å². The van der Waals surface area contributed by atoms with Gasteiger partial charge in [0.1, 0.15) is 5.69 Å². The highest BCUT2D eigenvalue weighted by Crippen LogP contribution is 2.28. The molecule has 0 atom stereocenters.